The van der Waals surface area contributed by atoms with Crippen LogP contribution in [0.5, 0.6) is 0 Å². The van der Waals surface area contributed by atoms with Gasteiger partial charge in [0, 0.05) is 38.8 Å². The van der Waals surface area contributed by atoms with Gasteiger partial charge in [0.15, 0.2) is 0 Å². The molecule has 0 spiro atoms. The lowest BCUT2D eigenvalue weighted by atomic mass is 10.2. The summed E-state index contributed by atoms with van der Waals surface area (Å²) >= 11 is 0. The molecule has 0 aliphatic rings. The predicted octanol–water partition coefficient (Wildman–Crippen LogP) is 1.58. The Balaban J connectivity index is 2.71. The van der Waals surface area contributed by atoms with Gasteiger partial charge in [0.1, 0.15) is 5.84 Å². The van der Waals surface area contributed by atoms with Crippen LogP contribution in [0.15, 0.2) is 35.5 Å². The summed E-state index contributed by atoms with van der Waals surface area (Å²) in [6.07, 6.45) is 1.39. The van der Waals surface area contributed by atoms with Gasteiger partial charge in [-0.05, 0) is 18.6 Å². The van der Waals surface area contributed by atoms with Crippen LogP contribution in [0.1, 0.15) is 19.3 Å². The van der Waals surface area contributed by atoms with Crippen molar-refractivity contribution in [3.05, 3.63) is 30.3 Å². The highest BCUT2D eigenvalue weighted by Gasteiger charge is 2.15. The van der Waals surface area contributed by atoms with Gasteiger partial charge in [0.05, 0.1) is 0 Å². The molecule has 1 amide bonds. The van der Waals surface area contributed by atoms with Crippen LogP contribution in [0.2, 0.25) is 0 Å². The van der Waals surface area contributed by atoms with Crippen molar-refractivity contribution >= 4 is 17.4 Å². The third kappa shape index (κ3) is 5.27. The highest BCUT2D eigenvalue weighted by atomic mass is 16.5. The lowest BCUT2D eigenvalue weighted by Crippen LogP contribution is -2.34. The summed E-state index contributed by atoms with van der Waals surface area (Å²) < 4.78 is 4.95. The fourth-order valence-corrected chi connectivity index (χ4v) is 1.78. The van der Waals surface area contributed by atoms with E-state index in [4.69, 9.17) is 15.7 Å². The predicted molar refractivity (Wildman–Crippen MR) is 77.9 cm³/mol. The van der Waals surface area contributed by atoms with E-state index >= 15 is 0 Å². The Kier molecular flexibility index (Phi) is 7.13. The quantitative estimate of drug-likeness (QED) is 0.249. The van der Waals surface area contributed by atoms with Crippen molar-refractivity contribution < 1.29 is 14.7 Å². The van der Waals surface area contributed by atoms with Crippen molar-refractivity contribution in [2.45, 2.75) is 19.3 Å². The SMILES string of the molecule is COCCCC(=O)N(CC/C(N)=N/O)c1ccccc1. The number of amidine groups is 1. The summed E-state index contributed by atoms with van der Waals surface area (Å²) in [5.41, 5.74) is 6.27. The molecule has 3 N–H and O–H groups in total. The van der Waals surface area contributed by atoms with Gasteiger partial charge in [-0.15, -0.1) is 0 Å². The molecule has 20 heavy (non-hydrogen) atoms. The van der Waals surface area contributed by atoms with E-state index < -0.39 is 0 Å². The zero-order chi connectivity index (χ0) is 14.8. The fourth-order valence-electron chi connectivity index (χ4n) is 1.78. The minimum atomic E-state index is -0.000935. The molecular formula is C14H21N3O3. The molecule has 0 radical (unpaired) electrons. The van der Waals surface area contributed by atoms with Crippen molar-refractivity contribution in [1.29, 1.82) is 0 Å². The molecule has 0 aliphatic carbocycles. The number of benzene rings is 1. The van der Waals surface area contributed by atoms with Crippen LogP contribution in [-0.2, 0) is 9.53 Å². The molecule has 0 unspecified atom stereocenters. The number of carbonyl (C=O) groups is 1. The van der Waals surface area contributed by atoms with Crippen molar-refractivity contribution in [3.8, 4) is 0 Å². The van der Waals surface area contributed by atoms with Gasteiger partial charge in [-0.25, -0.2) is 0 Å². The van der Waals surface area contributed by atoms with Gasteiger partial charge < -0.3 is 20.6 Å². The third-order valence-electron chi connectivity index (χ3n) is 2.83. The molecule has 0 fully saturated rings. The minimum absolute atomic E-state index is 0.000935. The van der Waals surface area contributed by atoms with Crippen molar-refractivity contribution in [2.75, 3.05) is 25.2 Å². The van der Waals surface area contributed by atoms with E-state index in [9.17, 15) is 4.79 Å². The molecule has 110 valence electrons. The molecular weight excluding hydrogens is 258 g/mol. The highest BCUT2D eigenvalue weighted by molar-refractivity contribution is 5.94. The average Bonchev–Trinajstić information content (AvgIpc) is 2.48. The Morgan fingerprint density at radius 2 is 2.05 bits per heavy atom. The summed E-state index contributed by atoms with van der Waals surface area (Å²) in [6.45, 7) is 0.931. The molecule has 1 aromatic rings. The van der Waals surface area contributed by atoms with Gasteiger partial charge in [-0.3, -0.25) is 4.79 Å². The Labute approximate surface area is 118 Å². The van der Waals surface area contributed by atoms with Gasteiger partial charge in [-0.1, -0.05) is 23.4 Å². The normalized spacial score (nSPS) is 11.3. The number of nitrogens with zero attached hydrogens (tertiary/aromatic N) is 2. The van der Waals surface area contributed by atoms with E-state index in [2.05, 4.69) is 5.16 Å². The first-order chi connectivity index (χ1) is 9.69. The molecule has 1 rings (SSSR count). The Morgan fingerprint density at radius 1 is 1.35 bits per heavy atom. The van der Waals surface area contributed by atoms with E-state index in [1.807, 2.05) is 30.3 Å². The molecule has 0 heterocycles. The summed E-state index contributed by atoms with van der Waals surface area (Å²) in [6, 6.07) is 9.35. The van der Waals surface area contributed by atoms with Crippen molar-refractivity contribution in [2.24, 2.45) is 10.9 Å². The minimum Gasteiger partial charge on any atom is -0.409 e. The molecule has 6 nitrogen and oxygen atoms in total. The zero-order valence-corrected chi connectivity index (χ0v) is 11.7. The molecule has 0 atom stereocenters. The lowest BCUT2D eigenvalue weighted by molar-refractivity contribution is -0.118. The Bertz CT molecular complexity index is 435. The lowest BCUT2D eigenvalue weighted by Gasteiger charge is -2.22. The molecule has 0 saturated carbocycles. The number of nitrogens with two attached hydrogens (primary N) is 1. The molecule has 0 bridgehead atoms. The number of amides is 1. The Morgan fingerprint density at radius 3 is 2.65 bits per heavy atom. The average molecular weight is 279 g/mol. The largest absolute Gasteiger partial charge is 0.409 e. The van der Waals surface area contributed by atoms with E-state index in [1.165, 1.54) is 0 Å². The van der Waals surface area contributed by atoms with Gasteiger partial charge in [-0.2, -0.15) is 0 Å². The molecule has 0 aromatic heterocycles. The third-order valence-corrected chi connectivity index (χ3v) is 2.83. The summed E-state index contributed by atoms with van der Waals surface area (Å²) in [7, 11) is 1.61. The topological polar surface area (TPSA) is 88.2 Å². The fraction of sp³-hybridized carbons (Fsp3) is 0.429. The van der Waals surface area contributed by atoms with Crippen LogP contribution >= 0.6 is 0 Å². The first-order valence-corrected chi connectivity index (χ1v) is 6.49. The number of hydrogen-bond acceptors (Lipinski definition) is 4. The van der Waals surface area contributed by atoms with E-state index in [0.29, 0.717) is 32.4 Å². The number of ether oxygens (including phenoxy) is 1. The van der Waals surface area contributed by atoms with E-state index in [0.717, 1.165) is 5.69 Å². The first kappa shape index (κ1) is 16.0. The number of oxime groups is 1. The number of para-hydroxylation sites is 1. The van der Waals surface area contributed by atoms with Crippen LogP contribution in [0.4, 0.5) is 5.69 Å². The maximum Gasteiger partial charge on any atom is 0.227 e. The molecule has 1 aromatic carbocycles. The smallest absolute Gasteiger partial charge is 0.227 e. The van der Waals surface area contributed by atoms with Crippen LogP contribution < -0.4 is 10.6 Å². The second-order valence-electron chi connectivity index (χ2n) is 4.32. The first-order valence-electron chi connectivity index (χ1n) is 6.49. The second kappa shape index (κ2) is 8.92. The summed E-state index contributed by atoms with van der Waals surface area (Å²) in [4.78, 5) is 13.9. The van der Waals surface area contributed by atoms with Crippen molar-refractivity contribution in [1.82, 2.24) is 0 Å². The Hall–Kier alpha value is -2.08. The highest BCUT2D eigenvalue weighted by Crippen LogP contribution is 2.15. The number of carbonyl (C=O) groups excluding carboxylic acids is 1. The van der Waals surface area contributed by atoms with Crippen LogP contribution in [0.25, 0.3) is 0 Å². The standard InChI is InChI=1S/C14H21N3O3/c1-20-11-5-8-14(18)17(10-9-13(15)16-19)12-6-3-2-4-7-12/h2-4,6-7,19H,5,8-11H2,1H3,(H2,15,16). The summed E-state index contributed by atoms with van der Waals surface area (Å²) in [5, 5.41) is 11.5. The van der Waals surface area contributed by atoms with Crippen molar-refractivity contribution in [3.63, 3.8) is 0 Å². The van der Waals surface area contributed by atoms with Crippen LogP contribution in [0, 0.1) is 0 Å². The number of hydrogen-bond donors (Lipinski definition) is 2. The van der Waals surface area contributed by atoms with E-state index in [-0.39, 0.29) is 11.7 Å². The summed E-state index contributed by atoms with van der Waals surface area (Å²) in [5.74, 6) is 0.106. The van der Waals surface area contributed by atoms with Gasteiger partial charge >= 0.3 is 0 Å². The van der Waals surface area contributed by atoms with Gasteiger partial charge in [0.25, 0.3) is 0 Å². The molecule has 0 saturated heterocycles. The van der Waals surface area contributed by atoms with E-state index in [1.54, 1.807) is 12.0 Å². The van der Waals surface area contributed by atoms with Crippen LogP contribution in [0.3, 0.4) is 0 Å². The van der Waals surface area contributed by atoms with Gasteiger partial charge in [0.2, 0.25) is 5.91 Å². The van der Waals surface area contributed by atoms with Crippen LogP contribution in [-0.4, -0.2) is 37.2 Å². The number of anilines is 1. The monoisotopic (exact) mass is 279 g/mol. The maximum absolute atomic E-state index is 12.2. The number of methoxy groups -OCH3 is 1. The number of rotatable bonds is 8. The molecule has 0 aliphatic heterocycles. The second-order valence-corrected chi connectivity index (χ2v) is 4.32. The zero-order valence-electron chi connectivity index (χ0n) is 11.7. The molecule has 6 heteroatoms. The maximum atomic E-state index is 12.2.